The summed E-state index contributed by atoms with van der Waals surface area (Å²) in [7, 11) is 0. The van der Waals surface area contributed by atoms with Crippen LogP contribution in [0.2, 0.25) is 0 Å². The standard InChI is InChI=1S/C23H24FNO5/c1-14-8-19-20(22(21(14)24)30-11-15(2)26)23(27)25-10-18(9-17(25)13-29-19)28-12-16-6-4-3-5-7-16/h3-8,17-18H,9-13H2,1-2H3/t17-,18+/m1/s1. The van der Waals surface area contributed by atoms with Crippen molar-refractivity contribution in [1.29, 1.82) is 0 Å². The third-order valence-corrected chi connectivity index (χ3v) is 5.40. The number of rotatable bonds is 6. The number of hydrogen-bond donors (Lipinski definition) is 0. The summed E-state index contributed by atoms with van der Waals surface area (Å²) >= 11 is 0. The lowest BCUT2D eigenvalue weighted by Crippen LogP contribution is -2.37. The number of ketones is 1. The lowest BCUT2D eigenvalue weighted by molar-refractivity contribution is -0.118. The molecule has 0 unspecified atom stereocenters. The average Bonchev–Trinajstić information content (AvgIpc) is 3.10. The Morgan fingerprint density at radius 2 is 2.07 bits per heavy atom. The SMILES string of the molecule is CC(=O)COc1c(F)c(C)cc2c1C(=O)N1C[C@@H](OCc3ccccc3)C[C@@H]1CO2. The van der Waals surface area contributed by atoms with Crippen LogP contribution >= 0.6 is 0 Å². The van der Waals surface area contributed by atoms with Gasteiger partial charge in [-0.25, -0.2) is 4.39 Å². The molecule has 2 aromatic rings. The molecule has 1 fully saturated rings. The van der Waals surface area contributed by atoms with Crippen molar-refractivity contribution in [2.75, 3.05) is 19.8 Å². The van der Waals surface area contributed by atoms with Crippen molar-refractivity contribution >= 4 is 11.7 Å². The van der Waals surface area contributed by atoms with Gasteiger partial charge in [-0.1, -0.05) is 30.3 Å². The molecule has 30 heavy (non-hydrogen) atoms. The van der Waals surface area contributed by atoms with E-state index < -0.39 is 5.82 Å². The van der Waals surface area contributed by atoms with Gasteiger partial charge in [0.25, 0.3) is 5.91 Å². The molecule has 0 N–H and O–H groups in total. The van der Waals surface area contributed by atoms with Gasteiger partial charge in [0.1, 0.15) is 24.5 Å². The van der Waals surface area contributed by atoms with E-state index in [1.807, 2.05) is 30.3 Å². The zero-order valence-corrected chi connectivity index (χ0v) is 17.0. The first kappa shape index (κ1) is 20.3. The number of aryl methyl sites for hydroxylation is 1. The van der Waals surface area contributed by atoms with Gasteiger partial charge >= 0.3 is 0 Å². The second-order valence-corrected chi connectivity index (χ2v) is 7.78. The molecule has 0 aliphatic carbocycles. The molecule has 2 aliphatic rings. The van der Waals surface area contributed by atoms with Crippen LogP contribution < -0.4 is 9.47 Å². The molecule has 1 saturated heterocycles. The van der Waals surface area contributed by atoms with Crippen molar-refractivity contribution < 1.29 is 28.2 Å². The molecule has 0 spiro atoms. The number of hydrogen-bond acceptors (Lipinski definition) is 5. The Kier molecular flexibility index (Phi) is 5.72. The number of nitrogens with zero attached hydrogens (tertiary/aromatic N) is 1. The van der Waals surface area contributed by atoms with Crippen molar-refractivity contribution in [2.24, 2.45) is 0 Å². The number of ether oxygens (including phenoxy) is 3. The van der Waals surface area contributed by atoms with E-state index in [0.29, 0.717) is 31.7 Å². The fourth-order valence-electron chi connectivity index (χ4n) is 3.88. The van der Waals surface area contributed by atoms with Gasteiger partial charge in [-0.15, -0.1) is 0 Å². The Morgan fingerprint density at radius 3 is 2.80 bits per heavy atom. The summed E-state index contributed by atoms with van der Waals surface area (Å²) < 4.78 is 32.1. The minimum absolute atomic E-state index is 0.0329. The van der Waals surface area contributed by atoms with E-state index in [-0.39, 0.29) is 47.5 Å². The van der Waals surface area contributed by atoms with Crippen molar-refractivity contribution in [3.63, 3.8) is 0 Å². The predicted molar refractivity (Wildman–Crippen MR) is 107 cm³/mol. The maximum Gasteiger partial charge on any atom is 0.261 e. The summed E-state index contributed by atoms with van der Waals surface area (Å²) in [6.07, 6.45) is 0.499. The van der Waals surface area contributed by atoms with Crippen LogP contribution in [0.25, 0.3) is 0 Å². The van der Waals surface area contributed by atoms with E-state index in [1.165, 1.54) is 13.0 Å². The van der Waals surface area contributed by atoms with E-state index in [4.69, 9.17) is 14.2 Å². The maximum atomic E-state index is 14.8. The molecule has 2 aliphatic heterocycles. The smallest absolute Gasteiger partial charge is 0.261 e. The van der Waals surface area contributed by atoms with Crippen LogP contribution in [0.4, 0.5) is 4.39 Å². The van der Waals surface area contributed by atoms with Crippen LogP contribution in [0.15, 0.2) is 36.4 Å². The van der Waals surface area contributed by atoms with Crippen LogP contribution in [0, 0.1) is 12.7 Å². The normalized spacial score (nSPS) is 20.2. The number of carbonyl (C=O) groups excluding carboxylic acids is 2. The maximum absolute atomic E-state index is 14.8. The number of amides is 1. The quantitative estimate of drug-likeness (QED) is 0.727. The minimum Gasteiger partial charge on any atom is -0.490 e. The minimum atomic E-state index is -0.651. The lowest BCUT2D eigenvalue weighted by atomic mass is 10.1. The van der Waals surface area contributed by atoms with Crippen molar-refractivity contribution in [1.82, 2.24) is 4.90 Å². The Hall–Kier alpha value is -2.93. The molecule has 0 bridgehead atoms. The Balaban J connectivity index is 1.55. The molecule has 158 valence electrons. The van der Waals surface area contributed by atoms with Gasteiger partial charge in [-0.05, 0) is 37.5 Å². The van der Waals surface area contributed by atoms with Crippen molar-refractivity contribution in [3.05, 3.63) is 58.9 Å². The summed E-state index contributed by atoms with van der Waals surface area (Å²) in [4.78, 5) is 26.3. The van der Waals surface area contributed by atoms with Gasteiger partial charge in [-0.2, -0.15) is 0 Å². The highest BCUT2D eigenvalue weighted by molar-refractivity contribution is 6.00. The number of carbonyl (C=O) groups is 2. The Bertz CT molecular complexity index is 962. The number of halogens is 1. The first-order valence-corrected chi connectivity index (χ1v) is 9.98. The third-order valence-electron chi connectivity index (χ3n) is 5.40. The zero-order valence-electron chi connectivity index (χ0n) is 17.0. The summed E-state index contributed by atoms with van der Waals surface area (Å²) in [5.41, 5.74) is 1.39. The zero-order chi connectivity index (χ0) is 21.3. The molecule has 6 nitrogen and oxygen atoms in total. The second kappa shape index (κ2) is 8.44. The van der Waals surface area contributed by atoms with Crippen LogP contribution in [-0.2, 0) is 16.1 Å². The van der Waals surface area contributed by atoms with Gasteiger partial charge in [-0.3, -0.25) is 9.59 Å². The molecule has 0 saturated carbocycles. The third kappa shape index (κ3) is 4.03. The summed E-state index contributed by atoms with van der Waals surface area (Å²) in [6.45, 7) is 3.74. The summed E-state index contributed by atoms with van der Waals surface area (Å²) in [6, 6.07) is 11.2. The largest absolute Gasteiger partial charge is 0.490 e. The fraction of sp³-hybridized carbons (Fsp3) is 0.391. The second-order valence-electron chi connectivity index (χ2n) is 7.78. The fourth-order valence-corrected chi connectivity index (χ4v) is 3.88. The highest BCUT2D eigenvalue weighted by atomic mass is 19.1. The molecule has 4 rings (SSSR count). The molecule has 7 heteroatoms. The molecular weight excluding hydrogens is 389 g/mol. The Morgan fingerprint density at radius 1 is 1.30 bits per heavy atom. The average molecular weight is 413 g/mol. The molecule has 0 aromatic heterocycles. The van der Waals surface area contributed by atoms with Crippen LogP contribution in [0.1, 0.15) is 34.8 Å². The molecule has 2 atom stereocenters. The van der Waals surface area contributed by atoms with E-state index >= 15 is 0 Å². The number of fused-ring (bicyclic) bond motifs is 2. The van der Waals surface area contributed by atoms with Gasteiger partial charge in [0, 0.05) is 6.54 Å². The Labute approximate surface area is 174 Å². The molecule has 2 aromatic carbocycles. The molecular formula is C23H24FNO5. The highest BCUT2D eigenvalue weighted by Gasteiger charge is 2.41. The number of benzene rings is 2. The van der Waals surface area contributed by atoms with E-state index in [1.54, 1.807) is 11.8 Å². The monoisotopic (exact) mass is 413 g/mol. The predicted octanol–water partition coefficient (Wildman–Crippen LogP) is 3.29. The first-order chi connectivity index (χ1) is 14.4. The van der Waals surface area contributed by atoms with Crippen LogP contribution in [0.3, 0.4) is 0 Å². The summed E-state index contributed by atoms with van der Waals surface area (Å²) in [5.74, 6) is -1.22. The van der Waals surface area contributed by atoms with Gasteiger partial charge in [0.05, 0.1) is 18.8 Å². The van der Waals surface area contributed by atoms with Gasteiger partial charge in [0.15, 0.2) is 17.3 Å². The number of Topliss-reactive ketones (excluding diaryl/α,β-unsaturated/α-hetero) is 1. The first-order valence-electron chi connectivity index (χ1n) is 9.98. The van der Waals surface area contributed by atoms with Gasteiger partial charge < -0.3 is 19.1 Å². The molecule has 2 heterocycles. The van der Waals surface area contributed by atoms with Crippen molar-refractivity contribution in [2.45, 2.75) is 39.0 Å². The molecule has 1 amide bonds. The van der Waals surface area contributed by atoms with E-state index in [2.05, 4.69) is 0 Å². The van der Waals surface area contributed by atoms with Crippen LogP contribution in [-0.4, -0.2) is 48.5 Å². The topological polar surface area (TPSA) is 65.1 Å². The lowest BCUT2D eigenvalue weighted by Gasteiger charge is -2.21. The summed E-state index contributed by atoms with van der Waals surface area (Å²) in [5, 5.41) is 0. The van der Waals surface area contributed by atoms with Gasteiger partial charge in [0.2, 0.25) is 0 Å². The van der Waals surface area contributed by atoms with E-state index in [9.17, 15) is 14.0 Å². The highest BCUT2D eigenvalue weighted by Crippen LogP contribution is 2.39. The van der Waals surface area contributed by atoms with E-state index in [0.717, 1.165) is 5.56 Å². The van der Waals surface area contributed by atoms with Crippen LogP contribution in [0.5, 0.6) is 11.5 Å². The van der Waals surface area contributed by atoms with Crippen molar-refractivity contribution in [3.8, 4) is 11.5 Å². The molecule has 0 radical (unpaired) electrons.